The molecule has 0 aliphatic rings. The molecular weight excluding hydrogens is 249 g/mol. The molecule has 1 rings (SSSR count). The summed E-state index contributed by atoms with van der Waals surface area (Å²) in [6.45, 7) is 7.37. The molecular formula is C15H21ClFN. The first-order chi connectivity index (χ1) is 8.40. The molecule has 0 radical (unpaired) electrons. The van der Waals surface area contributed by atoms with Crippen LogP contribution in [0.25, 0.3) is 0 Å². The van der Waals surface area contributed by atoms with Crippen LogP contribution in [-0.2, 0) is 6.42 Å². The number of hydrogen-bond acceptors (Lipinski definition) is 1. The summed E-state index contributed by atoms with van der Waals surface area (Å²) in [5.74, 6) is -0.350. The molecule has 0 saturated carbocycles. The molecule has 0 spiro atoms. The van der Waals surface area contributed by atoms with Crippen LogP contribution in [0.3, 0.4) is 0 Å². The van der Waals surface area contributed by atoms with Crippen LogP contribution in [0.1, 0.15) is 32.8 Å². The van der Waals surface area contributed by atoms with Gasteiger partial charge in [0.1, 0.15) is 5.82 Å². The van der Waals surface area contributed by atoms with E-state index >= 15 is 0 Å². The number of halogens is 2. The van der Waals surface area contributed by atoms with Crippen molar-refractivity contribution in [2.45, 2.75) is 39.2 Å². The predicted octanol–water partition coefficient (Wildman–Crippen LogP) is 4.36. The average molecular weight is 270 g/mol. The molecule has 0 fully saturated rings. The van der Waals surface area contributed by atoms with Crippen LogP contribution in [0, 0.1) is 5.82 Å². The monoisotopic (exact) mass is 269 g/mol. The van der Waals surface area contributed by atoms with Crippen molar-refractivity contribution in [1.82, 2.24) is 5.32 Å². The van der Waals surface area contributed by atoms with Crippen molar-refractivity contribution >= 4 is 11.6 Å². The van der Waals surface area contributed by atoms with Gasteiger partial charge in [0.25, 0.3) is 0 Å². The van der Waals surface area contributed by atoms with Crippen LogP contribution in [0.2, 0.25) is 5.02 Å². The van der Waals surface area contributed by atoms with Crippen molar-refractivity contribution in [3.05, 3.63) is 46.8 Å². The van der Waals surface area contributed by atoms with E-state index in [0.29, 0.717) is 6.42 Å². The number of benzene rings is 1. The van der Waals surface area contributed by atoms with Crippen molar-refractivity contribution in [2.24, 2.45) is 0 Å². The molecule has 1 N–H and O–H groups in total. The van der Waals surface area contributed by atoms with Crippen LogP contribution in [0.5, 0.6) is 0 Å². The maximum atomic E-state index is 13.2. The molecule has 0 saturated heterocycles. The molecule has 100 valence electrons. The molecule has 3 heteroatoms. The number of rotatable bonds is 5. The minimum atomic E-state index is -0.350. The van der Waals surface area contributed by atoms with Gasteiger partial charge in [0, 0.05) is 5.54 Å². The zero-order chi connectivity index (χ0) is 13.6. The third kappa shape index (κ3) is 5.65. The zero-order valence-corrected chi connectivity index (χ0v) is 12.0. The summed E-state index contributed by atoms with van der Waals surface area (Å²) in [5.41, 5.74) is 0.983. The van der Waals surface area contributed by atoms with Gasteiger partial charge in [0.05, 0.1) is 5.02 Å². The Hall–Kier alpha value is -0.860. The Morgan fingerprint density at radius 3 is 2.67 bits per heavy atom. The first kappa shape index (κ1) is 15.2. The van der Waals surface area contributed by atoms with Crippen LogP contribution < -0.4 is 5.32 Å². The van der Waals surface area contributed by atoms with Crippen LogP contribution in [0.15, 0.2) is 30.4 Å². The van der Waals surface area contributed by atoms with Crippen LogP contribution >= 0.6 is 11.6 Å². The molecule has 0 atom stereocenters. The second-order valence-corrected chi connectivity index (χ2v) is 5.73. The van der Waals surface area contributed by atoms with Gasteiger partial charge in [-0.15, -0.1) is 0 Å². The van der Waals surface area contributed by atoms with E-state index in [9.17, 15) is 4.39 Å². The van der Waals surface area contributed by atoms with Gasteiger partial charge in [0.15, 0.2) is 0 Å². The van der Waals surface area contributed by atoms with Gasteiger partial charge in [-0.3, -0.25) is 0 Å². The van der Waals surface area contributed by atoms with Crippen LogP contribution in [-0.4, -0.2) is 12.1 Å². The summed E-state index contributed by atoms with van der Waals surface area (Å²) < 4.78 is 13.2. The number of allylic oxidation sites excluding steroid dienone is 1. The maximum Gasteiger partial charge on any atom is 0.142 e. The van der Waals surface area contributed by atoms with Gasteiger partial charge < -0.3 is 5.32 Å². The van der Waals surface area contributed by atoms with Gasteiger partial charge in [-0.1, -0.05) is 35.9 Å². The SMILES string of the molecule is CC(C)(C)NCC/C=C/Cc1cccc(F)c1Cl. The lowest BCUT2D eigenvalue weighted by atomic mass is 10.1. The maximum absolute atomic E-state index is 13.2. The molecule has 1 nitrogen and oxygen atoms in total. The highest BCUT2D eigenvalue weighted by atomic mass is 35.5. The van der Waals surface area contributed by atoms with Gasteiger partial charge >= 0.3 is 0 Å². The third-order valence-electron chi connectivity index (χ3n) is 2.50. The fourth-order valence-corrected chi connectivity index (χ4v) is 1.77. The zero-order valence-electron chi connectivity index (χ0n) is 11.3. The van der Waals surface area contributed by atoms with Gasteiger partial charge in [-0.2, -0.15) is 0 Å². The van der Waals surface area contributed by atoms with Crippen molar-refractivity contribution < 1.29 is 4.39 Å². The molecule has 0 amide bonds. The lowest BCUT2D eigenvalue weighted by Gasteiger charge is -2.19. The van der Waals surface area contributed by atoms with E-state index in [1.165, 1.54) is 6.07 Å². The van der Waals surface area contributed by atoms with E-state index in [1.807, 2.05) is 12.1 Å². The smallest absolute Gasteiger partial charge is 0.142 e. The van der Waals surface area contributed by atoms with E-state index in [4.69, 9.17) is 11.6 Å². The standard InChI is InChI=1S/C15H21ClFN/c1-15(2,3)18-11-6-4-5-8-12-9-7-10-13(17)14(12)16/h4-5,7,9-10,18H,6,8,11H2,1-3H3/b5-4+. The molecule has 0 unspecified atom stereocenters. The quantitative estimate of drug-likeness (QED) is 0.619. The predicted molar refractivity (Wildman–Crippen MR) is 76.6 cm³/mol. The van der Waals surface area contributed by atoms with E-state index in [1.54, 1.807) is 6.07 Å². The lowest BCUT2D eigenvalue weighted by Crippen LogP contribution is -2.36. The molecule has 0 aromatic heterocycles. The molecule has 18 heavy (non-hydrogen) atoms. The Morgan fingerprint density at radius 2 is 2.00 bits per heavy atom. The summed E-state index contributed by atoms with van der Waals surface area (Å²) in [6.07, 6.45) is 5.77. The Bertz CT molecular complexity index is 407. The Balaban J connectivity index is 2.35. The Kier molecular flexibility index (Phi) is 5.83. The largest absolute Gasteiger partial charge is 0.312 e. The van der Waals surface area contributed by atoms with Crippen molar-refractivity contribution in [2.75, 3.05) is 6.54 Å². The second-order valence-electron chi connectivity index (χ2n) is 5.35. The Labute approximate surface area is 114 Å². The summed E-state index contributed by atoms with van der Waals surface area (Å²) >= 11 is 5.87. The van der Waals surface area contributed by atoms with Crippen LogP contribution in [0.4, 0.5) is 4.39 Å². The van der Waals surface area contributed by atoms with Gasteiger partial charge in [-0.05, 0) is 51.8 Å². The molecule has 0 aliphatic carbocycles. The molecule has 0 bridgehead atoms. The van der Waals surface area contributed by atoms with E-state index in [-0.39, 0.29) is 16.4 Å². The minimum absolute atomic E-state index is 0.152. The third-order valence-corrected chi connectivity index (χ3v) is 2.93. The van der Waals surface area contributed by atoms with Gasteiger partial charge in [-0.25, -0.2) is 4.39 Å². The lowest BCUT2D eigenvalue weighted by molar-refractivity contribution is 0.431. The van der Waals surface area contributed by atoms with Crippen molar-refractivity contribution in [3.8, 4) is 0 Å². The highest BCUT2D eigenvalue weighted by Crippen LogP contribution is 2.20. The topological polar surface area (TPSA) is 12.0 Å². The average Bonchev–Trinajstić information content (AvgIpc) is 2.27. The normalized spacial score (nSPS) is 12.3. The fourth-order valence-electron chi connectivity index (χ4n) is 1.56. The highest BCUT2D eigenvalue weighted by Gasteiger charge is 2.06. The number of nitrogens with one attached hydrogen (secondary N) is 1. The van der Waals surface area contributed by atoms with Crippen molar-refractivity contribution in [1.29, 1.82) is 0 Å². The van der Waals surface area contributed by atoms with E-state index in [2.05, 4.69) is 32.2 Å². The fraction of sp³-hybridized carbons (Fsp3) is 0.467. The Morgan fingerprint density at radius 1 is 1.28 bits per heavy atom. The molecule has 0 aliphatic heterocycles. The molecule has 1 aromatic carbocycles. The summed E-state index contributed by atoms with van der Waals surface area (Å²) in [6, 6.07) is 4.91. The first-order valence-electron chi connectivity index (χ1n) is 6.23. The first-order valence-corrected chi connectivity index (χ1v) is 6.61. The van der Waals surface area contributed by atoms with Gasteiger partial charge in [0.2, 0.25) is 0 Å². The number of hydrogen-bond donors (Lipinski definition) is 1. The summed E-state index contributed by atoms with van der Waals surface area (Å²) in [4.78, 5) is 0. The van der Waals surface area contributed by atoms with E-state index < -0.39 is 0 Å². The van der Waals surface area contributed by atoms with E-state index in [0.717, 1.165) is 18.5 Å². The highest BCUT2D eigenvalue weighted by molar-refractivity contribution is 6.31. The summed E-state index contributed by atoms with van der Waals surface area (Å²) in [7, 11) is 0. The van der Waals surface area contributed by atoms with Crippen molar-refractivity contribution in [3.63, 3.8) is 0 Å². The minimum Gasteiger partial charge on any atom is -0.312 e. The summed E-state index contributed by atoms with van der Waals surface area (Å²) in [5, 5.41) is 3.64. The molecule has 1 aromatic rings. The second kappa shape index (κ2) is 6.91. The molecule has 0 heterocycles.